The summed E-state index contributed by atoms with van der Waals surface area (Å²) in [6.07, 6.45) is 1.40. The predicted octanol–water partition coefficient (Wildman–Crippen LogP) is 2.17. The maximum absolute atomic E-state index is 13.4. The Morgan fingerprint density at radius 3 is 2.56 bits per heavy atom. The first-order chi connectivity index (χ1) is 12.0. The molecule has 0 spiro atoms. The lowest BCUT2D eigenvalue weighted by molar-refractivity contribution is 0.0924. The Hall–Kier alpha value is -3.23. The monoisotopic (exact) mass is 345 g/mol. The van der Waals surface area contributed by atoms with Crippen molar-refractivity contribution in [1.29, 1.82) is 0 Å². The Kier molecular flexibility index (Phi) is 3.48. The van der Waals surface area contributed by atoms with Crippen LogP contribution in [0.15, 0.2) is 30.5 Å². The number of hydrogen-bond acceptors (Lipinski definition) is 4. The number of halogens is 3. The van der Waals surface area contributed by atoms with E-state index in [0.717, 1.165) is 12.1 Å². The van der Waals surface area contributed by atoms with E-state index in [1.165, 1.54) is 6.20 Å². The molecule has 1 aliphatic heterocycles. The zero-order valence-corrected chi connectivity index (χ0v) is 12.6. The molecule has 6 nitrogen and oxygen atoms in total. The SMILES string of the molecule is O=C1NCCn2nc(-c3ccnc(-c4cc(F)c(F)c(F)c4)n3)cc21. The van der Waals surface area contributed by atoms with Crippen LogP contribution in [-0.4, -0.2) is 32.2 Å². The number of amides is 1. The molecule has 0 saturated heterocycles. The minimum Gasteiger partial charge on any atom is -0.349 e. The second-order valence-corrected chi connectivity index (χ2v) is 5.41. The van der Waals surface area contributed by atoms with Gasteiger partial charge in [-0.25, -0.2) is 23.1 Å². The van der Waals surface area contributed by atoms with E-state index in [-0.39, 0.29) is 17.3 Å². The van der Waals surface area contributed by atoms with Gasteiger partial charge in [0.2, 0.25) is 0 Å². The third-order valence-corrected chi connectivity index (χ3v) is 3.78. The molecular weight excluding hydrogens is 335 g/mol. The van der Waals surface area contributed by atoms with Gasteiger partial charge in [0.05, 0.1) is 12.2 Å². The van der Waals surface area contributed by atoms with Crippen molar-refractivity contribution in [1.82, 2.24) is 25.1 Å². The van der Waals surface area contributed by atoms with Crippen LogP contribution >= 0.6 is 0 Å². The van der Waals surface area contributed by atoms with Crippen molar-refractivity contribution in [2.24, 2.45) is 0 Å². The molecule has 1 aliphatic rings. The molecule has 3 aromatic rings. The summed E-state index contributed by atoms with van der Waals surface area (Å²) in [5, 5.41) is 7.02. The van der Waals surface area contributed by atoms with Crippen LogP contribution in [0.25, 0.3) is 22.8 Å². The highest BCUT2D eigenvalue weighted by Crippen LogP contribution is 2.24. The van der Waals surface area contributed by atoms with E-state index < -0.39 is 17.5 Å². The Morgan fingerprint density at radius 1 is 1.08 bits per heavy atom. The number of hydrogen-bond donors (Lipinski definition) is 1. The first-order valence-electron chi connectivity index (χ1n) is 7.37. The van der Waals surface area contributed by atoms with E-state index in [2.05, 4.69) is 20.4 Å². The fraction of sp³-hybridized carbons (Fsp3) is 0.125. The molecule has 0 fully saturated rings. The minimum atomic E-state index is -1.55. The van der Waals surface area contributed by atoms with Crippen LogP contribution in [0.1, 0.15) is 10.5 Å². The number of aromatic nitrogens is 4. The quantitative estimate of drug-likeness (QED) is 0.723. The number of carbonyl (C=O) groups excluding carboxylic acids is 1. The van der Waals surface area contributed by atoms with E-state index in [4.69, 9.17) is 0 Å². The topological polar surface area (TPSA) is 72.7 Å². The van der Waals surface area contributed by atoms with Crippen molar-refractivity contribution in [3.63, 3.8) is 0 Å². The molecule has 1 N–H and O–H groups in total. The summed E-state index contributed by atoms with van der Waals surface area (Å²) < 4.78 is 41.5. The van der Waals surface area contributed by atoms with Gasteiger partial charge in [-0.05, 0) is 24.3 Å². The molecular formula is C16H10F3N5O. The maximum atomic E-state index is 13.4. The molecule has 0 aliphatic carbocycles. The van der Waals surface area contributed by atoms with Gasteiger partial charge in [-0.2, -0.15) is 5.10 Å². The lowest BCUT2D eigenvalue weighted by Crippen LogP contribution is -2.35. The Balaban J connectivity index is 1.77. The average molecular weight is 345 g/mol. The van der Waals surface area contributed by atoms with Crippen molar-refractivity contribution in [2.75, 3.05) is 6.54 Å². The average Bonchev–Trinajstić information content (AvgIpc) is 3.05. The molecule has 0 saturated carbocycles. The first kappa shape index (κ1) is 15.3. The molecule has 25 heavy (non-hydrogen) atoms. The normalized spacial score (nSPS) is 13.5. The van der Waals surface area contributed by atoms with Crippen molar-refractivity contribution in [2.45, 2.75) is 6.54 Å². The summed E-state index contributed by atoms with van der Waals surface area (Å²) in [5.41, 5.74) is 1.21. The summed E-state index contributed by atoms with van der Waals surface area (Å²) in [6, 6.07) is 4.78. The third kappa shape index (κ3) is 2.63. The van der Waals surface area contributed by atoms with Gasteiger partial charge in [0.1, 0.15) is 11.4 Å². The molecule has 0 atom stereocenters. The Morgan fingerprint density at radius 2 is 1.84 bits per heavy atom. The van der Waals surface area contributed by atoms with E-state index >= 15 is 0 Å². The molecule has 0 bridgehead atoms. The lowest BCUT2D eigenvalue weighted by Gasteiger charge is -2.13. The smallest absolute Gasteiger partial charge is 0.269 e. The molecule has 2 aromatic heterocycles. The highest BCUT2D eigenvalue weighted by atomic mass is 19.2. The van der Waals surface area contributed by atoms with Crippen molar-refractivity contribution >= 4 is 5.91 Å². The molecule has 1 amide bonds. The zero-order chi connectivity index (χ0) is 17.6. The van der Waals surface area contributed by atoms with Gasteiger partial charge in [-0.1, -0.05) is 0 Å². The van der Waals surface area contributed by atoms with Gasteiger partial charge in [-0.15, -0.1) is 0 Å². The summed E-state index contributed by atoms with van der Waals surface area (Å²) in [7, 11) is 0. The second-order valence-electron chi connectivity index (χ2n) is 5.41. The molecule has 0 unspecified atom stereocenters. The number of fused-ring (bicyclic) bond motifs is 1. The fourth-order valence-corrected chi connectivity index (χ4v) is 2.59. The van der Waals surface area contributed by atoms with E-state index in [1.54, 1.807) is 16.8 Å². The number of rotatable bonds is 2. The largest absolute Gasteiger partial charge is 0.349 e. The van der Waals surface area contributed by atoms with E-state index in [9.17, 15) is 18.0 Å². The van der Waals surface area contributed by atoms with Crippen LogP contribution in [0.5, 0.6) is 0 Å². The fourth-order valence-electron chi connectivity index (χ4n) is 2.59. The van der Waals surface area contributed by atoms with Crippen molar-refractivity contribution in [3.8, 4) is 22.8 Å². The molecule has 1 aromatic carbocycles. The van der Waals surface area contributed by atoms with Gasteiger partial charge < -0.3 is 5.32 Å². The Labute approximate surface area is 139 Å². The van der Waals surface area contributed by atoms with Crippen LogP contribution in [0, 0.1) is 17.5 Å². The van der Waals surface area contributed by atoms with Crippen LogP contribution in [0.4, 0.5) is 13.2 Å². The molecule has 0 radical (unpaired) electrons. The number of nitrogens with zero attached hydrogens (tertiary/aromatic N) is 4. The van der Waals surface area contributed by atoms with Crippen molar-refractivity contribution in [3.05, 3.63) is 53.6 Å². The van der Waals surface area contributed by atoms with Gasteiger partial charge in [0.25, 0.3) is 5.91 Å². The number of carbonyl (C=O) groups is 1. The Bertz CT molecular complexity index is 978. The molecule has 126 valence electrons. The standard InChI is InChI=1S/C16H10F3N5O/c17-9-5-8(6-10(18)14(9)19)15-20-2-1-11(22-15)12-7-13-16(25)21-3-4-24(13)23-12/h1-2,5-7H,3-4H2,(H,21,25). The second kappa shape index (κ2) is 5.69. The first-order valence-corrected chi connectivity index (χ1v) is 7.37. The van der Waals surface area contributed by atoms with Crippen LogP contribution in [0.2, 0.25) is 0 Å². The summed E-state index contributed by atoms with van der Waals surface area (Å²) in [4.78, 5) is 20.0. The van der Waals surface area contributed by atoms with Gasteiger partial charge in [-0.3, -0.25) is 9.48 Å². The number of nitrogens with one attached hydrogen (secondary N) is 1. The maximum Gasteiger partial charge on any atom is 0.269 e. The summed E-state index contributed by atoms with van der Waals surface area (Å²) >= 11 is 0. The van der Waals surface area contributed by atoms with Crippen LogP contribution in [-0.2, 0) is 6.54 Å². The van der Waals surface area contributed by atoms with Crippen LogP contribution in [0.3, 0.4) is 0 Å². The predicted molar refractivity (Wildman–Crippen MR) is 80.9 cm³/mol. The lowest BCUT2D eigenvalue weighted by atomic mass is 10.2. The highest BCUT2D eigenvalue weighted by molar-refractivity contribution is 5.94. The minimum absolute atomic E-state index is 0.0000319. The number of benzene rings is 1. The van der Waals surface area contributed by atoms with Crippen molar-refractivity contribution < 1.29 is 18.0 Å². The summed E-state index contributed by atoms with van der Waals surface area (Å²) in [6.45, 7) is 1.02. The summed E-state index contributed by atoms with van der Waals surface area (Å²) in [5.74, 6) is -4.41. The molecule has 4 rings (SSSR count). The highest BCUT2D eigenvalue weighted by Gasteiger charge is 2.21. The van der Waals surface area contributed by atoms with Crippen LogP contribution < -0.4 is 5.32 Å². The van der Waals surface area contributed by atoms with E-state index in [0.29, 0.717) is 30.2 Å². The van der Waals surface area contributed by atoms with Gasteiger partial charge >= 0.3 is 0 Å². The van der Waals surface area contributed by atoms with Gasteiger partial charge in [0, 0.05) is 18.3 Å². The third-order valence-electron chi connectivity index (χ3n) is 3.78. The molecule has 9 heteroatoms. The zero-order valence-electron chi connectivity index (χ0n) is 12.6. The molecule has 3 heterocycles. The van der Waals surface area contributed by atoms with Gasteiger partial charge in [0.15, 0.2) is 23.3 Å². The van der Waals surface area contributed by atoms with E-state index in [1.807, 2.05) is 0 Å².